The molecule has 0 radical (unpaired) electrons. The molecule has 2 rings (SSSR count). The van der Waals surface area contributed by atoms with Crippen molar-refractivity contribution in [1.29, 1.82) is 0 Å². The SMILES string of the molecule is CC(=O)N1C=Cc2ccccc2C1CC(=O)NC(C)CCCO. The number of nitrogens with zero attached hydrogens (tertiary/aromatic N) is 1. The summed E-state index contributed by atoms with van der Waals surface area (Å²) in [5, 5.41) is 11.8. The Bertz CT molecular complexity index is 598. The third kappa shape index (κ3) is 4.42. The monoisotopic (exact) mass is 316 g/mol. The number of rotatable bonds is 6. The number of hydrogen-bond donors (Lipinski definition) is 2. The fourth-order valence-corrected chi connectivity index (χ4v) is 2.89. The fourth-order valence-electron chi connectivity index (χ4n) is 2.89. The lowest BCUT2D eigenvalue weighted by molar-refractivity contribution is -0.130. The summed E-state index contributed by atoms with van der Waals surface area (Å²) in [5.74, 6) is -0.168. The zero-order valence-corrected chi connectivity index (χ0v) is 13.7. The van der Waals surface area contributed by atoms with E-state index >= 15 is 0 Å². The van der Waals surface area contributed by atoms with E-state index in [1.165, 1.54) is 6.92 Å². The lowest BCUT2D eigenvalue weighted by atomic mass is 9.93. The molecule has 0 fully saturated rings. The Morgan fingerprint density at radius 3 is 2.78 bits per heavy atom. The quantitative estimate of drug-likeness (QED) is 0.845. The average Bonchev–Trinajstić information content (AvgIpc) is 2.52. The minimum absolute atomic E-state index is 0.00908. The number of aliphatic hydroxyl groups excluding tert-OH is 1. The van der Waals surface area contributed by atoms with E-state index < -0.39 is 0 Å². The average molecular weight is 316 g/mol. The van der Waals surface area contributed by atoms with Crippen LogP contribution in [0.2, 0.25) is 0 Å². The molecule has 1 aliphatic heterocycles. The second kappa shape index (κ2) is 7.92. The van der Waals surface area contributed by atoms with E-state index in [2.05, 4.69) is 5.32 Å². The maximum atomic E-state index is 12.3. The number of nitrogens with one attached hydrogen (secondary N) is 1. The lowest BCUT2D eigenvalue weighted by Gasteiger charge is -2.32. The molecular formula is C18H24N2O3. The molecule has 23 heavy (non-hydrogen) atoms. The molecule has 1 heterocycles. The highest BCUT2D eigenvalue weighted by Gasteiger charge is 2.28. The van der Waals surface area contributed by atoms with Gasteiger partial charge in [-0.3, -0.25) is 9.59 Å². The fraction of sp³-hybridized carbons (Fsp3) is 0.444. The number of benzene rings is 1. The summed E-state index contributed by atoms with van der Waals surface area (Å²) < 4.78 is 0. The van der Waals surface area contributed by atoms with E-state index in [4.69, 9.17) is 5.11 Å². The summed E-state index contributed by atoms with van der Waals surface area (Å²) in [4.78, 5) is 25.8. The highest BCUT2D eigenvalue weighted by atomic mass is 16.3. The Balaban J connectivity index is 2.10. The van der Waals surface area contributed by atoms with Crippen LogP contribution in [0.15, 0.2) is 30.5 Å². The van der Waals surface area contributed by atoms with Crippen molar-refractivity contribution in [2.75, 3.05) is 6.61 Å². The van der Waals surface area contributed by atoms with Crippen molar-refractivity contribution in [1.82, 2.24) is 10.2 Å². The van der Waals surface area contributed by atoms with Crippen LogP contribution in [0.25, 0.3) is 6.08 Å². The summed E-state index contributed by atoms with van der Waals surface area (Å²) in [5.41, 5.74) is 2.03. The van der Waals surface area contributed by atoms with Gasteiger partial charge in [-0.25, -0.2) is 0 Å². The Labute approximate surface area is 137 Å². The molecule has 0 spiro atoms. The molecule has 2 amide bonds. The molecule has 0 saturated heterocycles. The minimum atomic E-state index is -0.279. The number of fused-ring (bicyclic) bond motifs is 1. The number of aliphatic hydroxyl groups is 1. The lowest BCUT2D eigenvalue weighted by Crippen LogP contribution is -2.38. The van der Waals surface area contributed by atoms with Gasteiger partial charge in [-0.2, -0.15) is 0 Å². The van der Waals surface area contributed by atoms with Crippen molar-refractivity contribution in [3.8, 4) is 0 Å². The highest BCUT2D eigenvalue weighted by molar-refractivity contribution is 5.81. The number of amides is 2. The van der Waals surface area contributed by atoms with Gasteiger partial charge in [-0.05, 0) is 37.0 Å². The van der Waals surface area contributed by atoms with Gasteiger partial charge in [0.05, 0.1) is 12.5 Å². The molecule has 1 aliphatic rings. The summed E-state index contributed by atoms with van der Waals surface area (Å²) in [6, 6.07) is 7.54. The Kier molecular flexibility index (Phi) is 5.93. The molecule has 0 aromatic heterocycles. The van der Waals surface area contributed by atoms with E-state index in [0.717, 1.165) is 17.5 Å². The topological polar surface area (TPSA) is 69.6 Å². The van der Waals surface area contributed by atoms with Crippen LogP contribution in [0.5, 0.6) is 0 Å². The van der Waals surface area contributed by atoms with Crippen molar-refractivity contribution in [2.45, 2.75) is 45.2 Å². The van der Waals surface area contributed by atoms with Gasteiger partial charge in [0, 0.05) is 25.8 Å². The van der Waals surface area contributed by atoms with Gasteiger partial charge in [0.15, 0.2) is 0 Å². The van der Waals surface area contributed by atoms with Gasteiger partial charge in [-0.1, -0.05) is 24.3 Å². The normalized spacial score (nSPS) is 17.5. The van der Waals surface area contributed by atoms with Crippen molar-refractivity contribution in [3.63, 3.8) is 0 Å². The van der Waals surface area contributed by atoms with Gasteiger partial charge >= 0.3 is 0 Å². The van der Waals surface area contributed by atoms with Crippen LogP contribution in [-0.2, 0) is 9.59 Å². The van der Waals surface area contributed by atoms with Crippen molar-refractivity contribution >= 4 is 17.9 Å². The van der Waals surface area contributed by atoms with E-state index in [9.17, 15) is 9.59 Å². The maximum absolute atomic E-state index is 12.3. The van der Waals surface area contributed by atoms with Crippen LogP contribution in [-0.4, -0.2) is 34.5 Å². The highest BCUT2D eigenvalue weighted by Crippen LogP contribution is 2.32. The predicted octanol–water partition coefficient (Wildman–Crippen LogP) is 2.23. The first-order valence-corrected chi connectivity index (χ1v) is 7.99. The van der Waals surface area contributed by atoms with Crippen LogP contribution in [0.1, 0.15) is 50.3 Å². The van der Waals surface area contributed by atoms with E-state index in [1.807, 2.05) is 37.3 Å². The third-order valence-electron chi connectivity index (χ3n) is 4.05. The molecule has 2 unspecified atom stereocenters. The van der Waals surface area contributed by atoms with Crippen LogP contribution in [0, 0.1) is 0 Å². The van der Waals surface area contributed by atoms with E-state index in [1.54, 1.807) is 11.1 Å². The summed E-state index contributed by atoms with van der Waals surface area (Å²) >= 11 is 0. The summed E-state index contributed by atoms with van der Waals surface area (Å²) in [6.07, 6.45) is 5.27. The summed E-state index contributed by atoms with van der Waals surface area (Å²) in [7, 11) is 0. The molecule has 1 aromatic carbocycles. The van der Waals surface area contributed by atoms with Crippen molar-refractivity contribution < 1.29 is 14.7 Å². The number of carbonyl (C=O) groups excluding carboxylic acids is 2. The zero-order chi connectivity index (χ0) is 16.8. The molecule has 2 N–H and O–H groups in total. The molecule has 1 aromatic rings. The minimum Gasteiger partial charge on any atom is -0.396 e. The Morgan fingerprint density at radius 1 is 1.35 bits per heavy atom. The van der Waals surface area contributed by atoms with Crippen LogP contribution < -0.4 is 5.32 Å². The Hall–Kier alpha value is -2.14. The molecule has 5 heteroatoms. The number of hydrogen-bond acceptors (Lipinski definition) is 3. The first-order chi connectivity index (χ1) is 11.0. The van der Waals surface area contributed by atoms with Crippen LogP contribution in [0.3, 0.4) is 0 Å². The summed E-state index contributed by atoms with van der Waals surface area (Å²) in [6.45, 7) is 3.55. The van der Waals surface area contributed by atoms with Crippen molar-refractivity contribution in [2.24, 2.45) is 0 Å². The first-order valence-electron chi connectivity index (χ1n) is 7.99. The number of carbonyl (C=O) groups is 2. The molecule has 124 valence electrons. The Morgan fingerprint density at radius 2 is 2.09 bits per heavy atom. The molecular weight excluding hydrogens is 292 g/mol. The van der Waals surface area contributed by atoms with Gasteiger partial charge in [0.1, 0.15) is 0 Å². The second-order valence-electron chi connectivity index (χ2n) is 5.93. The molecule has 5 nitrogen and oxygen atoms in total. The van der Waals surface area contributed by atoms with Gasteiger partial charge in [0.25, 0.3) is 0 Å². The molecule has 0 bridgehead atoms. The van der Waals surface area contributed by atoms with E-state index in [-0.39, 0.29) is 36.9 Å². The third-order valence-corrected chi connectivity index (χ3v) is 4.05. The van der Waals surface area contributed by atoms with Crippen LogP contribution in [0.4, 0.5) is 0 Å². The standard InChI is InChI=1S/C18H24N2O3/c1-13(6-5-11-21)19-18(23)12-17-16-8-4-3-7-15(16)9-10-20(17)14(2)22/h3-4,7-10,13,17,21H,5-6,11-12H2,1-2H3,(H,19,23). The van der Waals surface area contributed by atoms with Crippen molar-refractivity contribution in [3.05, 3.63) is 41.6 Å². The smallest absolute Gasteiger partial charge is 0.223 e. The van der Waals surface area contributed by atoms with Crippen LogP contribution >= 0.6 is 0 Å². The molecule has 2 atom stereocenters. The largest absolute Gasteiger partial charge is 0.396 e. The predicted molar refractivity (Wildman–Crippen MR) is 89.3 cm³/mol. The zero-order valence-electron chi connectivity index (χ0n) is 13.7. The van der Waals surface area contributed by atoms with Gasteiger partial charge in [-0.15, -0.1) is 0 Å². The van der Waals surface area contributed by atoms with Gasteiger partial charge < -0.3 is 15.3 Å². The maximum Gasteiger partial charge on any atom is 0.223 e. The van der Waals surface area contributed by atoms with Gasteiger partial charge in [0.2, 0.25) is 11.8 Å². The molecule has 0 saturated carbocycles. The first kappa shape index (κ1) is 17.2. The van der Waals surface area contributed by atoms with E-state index in [0.29, 0.717) is 6.42 Å². The second-order valence-corrected chi connectivity index (χ2v) is 5.93. The molecule has 0 aliphatic carbocycles.